The molecule has 2 amide bonds. The van der Waals surface area contributed by atoms with Gasteiger partial charge in [-0.05, 0) is 73.1 Å². The van der Waals surface area contributed by atoms with Gasteiger partial charge in [0.25, 0.3) is 0 Å². The summed E-state index contributed by atoms with van der Waals surface area (Å²) in [4.78, 5) is 15.2. The van der Waals surface area contributed by atoms with Gasteiger partial charge < -0.3 is 10.2 Å². The van der Waals surface area contributed by atoms with Crippen LogP contribution in [0.1, 0.15) is 50.5 Å². The molecule has 0 radical (unpaired) electrons. The molecule has 3 fully saturated rings. The normalized spacial score (nSPS) is 31.1. The Labute approximate surface area is 183 Å². The summed E-state index contributed by atoms with van der Waals surface area (Å²) in [6.45, 7) is 0. The molecule has 4 bridgehead atoms. The van der Waals surface area contributed by atoms with Crippen molar-refractivity contribution in [1.82, 2.24) is 10.2 Å². The summed E-state index contributed by atoms with van der Waals surface area (Å²) in [5.74, 6) is 1.33. The average Bonchev–Trinajstić information content (AvgIpc) is 3.47. The van der Waals surface area contributed by atoms with E-state index in [4.69, 9.17) is 0 Å². The number of fused-ring (bicyclic) bond motifs is 4. The molecule has 2 saturated carbocycles. The van der Waals surface area contributed by atoms with E-state index in [1.807, 2.05) is 42.5 Å². The molecule has 4 heteroatoms. The lowest BCUT2D eigenvalue weighted by molar-refractivity contribution is 0.171. The van der Waals surface area contributed by atoms with Gasteiger partial charge in [0.05, 0.1) is 6.04 Å². The van der Waals surface area contributed by atoms with Crippen molar-refractivity contribution in [1.29, 1.82) is 0 Å². The fourth-order valence-electron chi connectivity index (χ4n) is 6.58. The van der Waals surface area contributed by atoms with Crippen molar-refractivity contribution in [3.8, 4) is 11.1 Å². The molecule has 1 saturated heterocycles. The number of nitrogens with one attached hydrogen (secondary N) is 1. The fraction of sp³-hybridized carbons (Fsp3) is 0.444. The number of urea groups is 1. The van der Waals surface area contributed by atoms with E-state index < -0.39 is 0 Å². The molecule has 2 aromatic rings. The molecule has 2 heterocycles. The first-order valence-corrected chi connectivity index (χ1v) is 11.8. The maximum absolute atomic E-state index is 14.9. The molecule has 0 aromatic heterocycles. The van der Waals surface area contributed by atoms with Gasteiger partial charge in [-0.3, -0.25) is 0 Å². The van der Waals surface area contributed by atoms with Crippen molar-refractivity contribution in [2.24, 2.45) is 11.8 Å². The molecule has 3 nitrogen and oxygen atoms in total. The quantitative estimate of drug-likeness (QED) is 0.653. The number of rotatable bonds is 3. The van der Waals surface area contributed by atoms with Gasteiger partial charge >= 0.3 is 6.03 Å². The summed E-state index contributed by atoms with van der Waals surface area (Å²) in [5, 5.41) is 3.37. The summed E-state index contributed by atoms with van der Waals surface area (Å²) < 4.78 is 14.9. The van der Waals surface area contributed by atoms with Gasteiger partial charge in [-0.15, -0.1) is 0 Å². The lowest BCUT2D eigenvalue weighted by Gasteiger charge is -2.36. The Balaban J connectivity index is 1.20. The lowest BCUT2D eigenvalue weighted by Crippen LogP contribution is -2.52. The zero-order chi connectivity index (χ0) is 20.9. The van der Waals surface area contributed by atoms with Crippen molar-refractivity contribution < 1.29 is 9.18 Å². The second-order valence-corrected chi connectivity index (χ2v) is 9.89. The average molecular weight is 417 g/mol. The Kier molecular flexibility index (Phi) is 4.62. The molecule has 160 valence electrons. The first kappa shape index (κ1) is 19.1. The van der Waals surface area contributed by atoms with E-state index in [2.05, 4.69) is 16.3 Å². The Morgan fingerprint density at radius 1 is 0.968 bits per heavy atom. The van der Waals surface area contributed by atoms with E-state index in [1.165, 1.54) is 24.8 Å². The molecule has 31 heavy (non-hydrogen) atoms. The lowest BCUT2D eigenvalue weighted by atomic mass is 9.93. The molecular formula is C27H29FN2O. The van der Waals surface area contributed by atoms with Crippen molar-refractivity contribution in [2.75, 3.05) is 0 Å². The molecule has 4 aliphatic rings. The van der Waals surface area contributed by atoms with E-state index in [-0.39, 0.29) is 23.9 Å². The number of carbonyl (C=O) groups excluding carboxylic acids is 1. The second-order valence-electron chi connectivity index (χ2n) is 9.89. The van der Waals surface area contributed by atoms with Crippen LogP contribution in [0.3, 0.4) is 0 Å². The van der Waals surface area contributed by atoms with Crippen LogP contribution >= 0.6 is 0 Å². The highest BCUT2D eigenvalue weighted by atomic mass is 19.1. The molecule has 5 atom stereocenters. The molecule has 1 N–H and O–H groups in total. The van der Waals surface area contributed by atoms with Crippen LogP contribution in [0.15, 0.2) is 54.6 Å². The van der Waals surface area contributed by atoms with Crippen LogP contribution < -0.4 is 5.32 Å². The SMILES string of the molecule is O=C(NC1CC2CCC1C2)N1C2C=C(c3ccc(-c4ccccc4)c(F)c3)CC1CC2. The largest absolute Gasteiger partial charge is 0.335 e. The topological polar surface area (TPSA) is 32.3 Å². The van der Waals surface area contributed by atoms with Gasteiger partial charge in [0.1, 0.15) is 5.82 Å². The maximum atomic E-state index is 14.9. The van der Waals surface area contributed by atoms with Gasteiger partial charge in [0.15, 0.2) is 0 Å². The van der Waals surface area contributed by atoms with Gasteiger partial charge in [0, 0.05) is 17.6 Å². The van der Waals surface area contributed by atoms with Crippen molar-refractivity contribution in [2.45, 2.75) is 63.1 Å². The van der Waals surface area contributed by atoms with E-state index in [0.717, 1.165) is 42.7 Å². The molecule has 6 rings (SSSR count). The zero-order valence-corrected chi connectivity index (χ0v) is 17.8. The minimum absolute atomic E-state index is 0.117. The zero-order valence-electron chi connectivity index (χ0n) is 17.8. The predicted octanol–water partition coefficient (Wildman–Crippen LogP) is 6.01. The van der Waals surface area contributed by atoms with E-state index in [1.54, 1.807) is 6.07 Å². The second kappa shape index (κ2) is 7.51. The number of carbonyl (C=O) groups is 1. The fourth-order valence-corrected chi connectivity index (χ4v) is 6.58. The maximum Gasteiger partial charge on any atom is 0.318 e. The van der Waals surface area contributed by atoms with Crippen LogP contribution in [0.25, 0.3) is 16.7 Å². The number of hydrogen-bond donors (Lipinski definition) is 1. The molecule has 2 aromatic carbocycles. The molecule has 5 unspecified atom stereocenters. The Bertz CT molecular complexity index is 1030. The highest BCUT2D eigenvalue weighted by Crippen LogP contribution is 2.45. The van der Waals surface area contributed by atoms with Crippen LogP contribution in [-0.2, 0) is 0 Å². The number of halogens is 1. The standard InChI is InChI=1S/C27H29FN2O/c28-25-16-19(8-11-24(25)18-4-2-1-3-5-18)21-14-22-9-10-23(15-21)30(22)27(31)29-26-13-17-6-7-20(26)12-17/h1-5,8,11,14,16-17,20,22-23,26H,6-7,9-10,12-13,15H2,(H,29,31). The van der Waals surface area contributed by atoms with Gasteiger partial charge in [-0.2, -0.15) is 0 Å². The molecule has 2 aliphatic carbocycles. The van der Waals surface area contributed by atoms with Crippen LogP contribution in [0, 0.1) is 17.7 Å². The first-order valence-electron chi connectivity index (χ1n) is 11.8. The molecular weight excluding hydrogens is 387 g/mol. The molecule has 0 spiro atoms. The minimum Gasteiger partial charge on any atom is -0.335 e. The van der Waals surface area contributed by atoms with Gasteiger partial charge in [0.2, 0.25) is 0 Å². The molecule has 2 aliphatic heterocycles. The first-order chi connectivity index (χ1) is 15.2. The van der Waals surface area contributed by atoms with Crippen LogP contribution in [0.2, 0.25) is 0 Å². The van der Waals surface area contributed by atoms with Crippen molar-refractivity contribution in [3.63, 3.8) is 0 Å². The van der Waals surface area contributed by atoms with E-state index in [0.29, 0.717) is 17.5 Å². The predicted molar refractivity (Wildman–Crippen MR) is 121 cm³/mol. The number of hydrogen-bond acceptors (Lipinski definition) is 1. The Morgan fingerprint density at radius 3 is 2.55 bits per heavy atom. The summed E-state index contributed by atoms with van der Waals surface area (Å²) >= 11 is 0. The minimum atomic E-state index is -0.187. The van der Waals surface area contributed by atoms with E-state index in [9.17, 15) is 9.18 Å². The third-order valence-electron chi connectivity index (χ3n) is 8.10. The van der Waals surface area contributed by atoms with Crippen LogP contribution in [0.5, 0.6) is 0 Å². The number of amides is 2. The van der Waals surface area contributed by atoms with Crippen LogP contribution in [0.4, 0.5) is 9.18 Å². The summed E-state index contributed by atoms with van der Waals surface area (Å²) in [5.41, 5.74) is 3.65. The third-order valence-corrected chi connectivity index (χ3v) is 8.10. The Morgan fingerprint density at radius 2 is 1.84 bits per heavy atom. The van der Waals surface area contributed by atoms with Crippen molar-refractivity contribution in [3.05, 3.63) is 66.0 Å². The highest BCUT2D eigenvalue weighted by Gasteiger charge is 2.44. The van der Waals surface area contributed by atoms with Crippen LogP contribution in [-0.4, -0.2) is 29.1 Å². The van der Waals surface area contributed by atoms with E-state index >= 15 is 0 Å². The van der Waals surface area contributed by atoms with Gasteiger partial charge in [-0.1, -0.05) is 55.0 Å². The number of nitrogens with zero attached hydrogens (tertiary/aromatic N) is 1. The Hall–Kier alpha value is -2.62. The third kappa shape index (κ3) is 3.37. The van der Waals surface area contributed by atoms with Gasteiger partial charge in [-0.25, -0.2) is 9.18 Å². The highest BCUT2D eigenvalue weighted by molar-refractivity contribution is 5.79. The van der Waals surface area contributed by atoms with Crippen molar-refractivity contribution >= 4 is 11.6 Å². The summed E-state index contributed by atoms with van der Waals surface area (Å²) in [6.07, 6.45) is 10.1. The summed E-state index contributed by atoms with van der Waals surface area (Å²) in [6, 6.07) is 16.1. The smallest absolute Gasteiger partial charge is 0.318 e. The monoisotopic (exact) mass is 416 g/mol. The number of benzene rings is 2. The summed E-state index contributed by atoms with van der Waals surface area (Å²) in [7, 11) is 0.